The van der Waals surface area contributed by atoms with Crippen molar-refractivity contribution in [3.63, 3.8) is 0 Å². The van der Waals surface area contributed by atoms with Gasteiger partial charge in [0.05, 0.1) is 0 Å². The Labute approximate surface area is 158 Å². The van der Waals surface area contributed by atoms with Crippen LogP contribution in [-0.2, 0) is 19.1 Å². The topological polar surface area (TPSA) is 123 Å². The van der Waals surface area contributed by atoms with Gasteiger partial charge in [-0.1, -0.05) is 12.1 Å². The van der Waals surface area contributed by atoms with Crippen LogP contribution in [-0.4, -0.2) is 55.5 Å². The molecule has 1 aromatic carbocycles. The third-order valence-corrected chi connectivity index (χ3v) is 4.57. The molecule has 1 saturated heterocycles. The number of methoxy groups -OCH3 is 2. The van der Waals surface area contributed by atoms with Gasteiger partial charge in [0.25, 0.3) is 11.8 Å². The van der Waals surface area contributed by atoms with Crippen LogP contribution >= 0.6 is 0 Å². The molecule has 148 valence electrons. The van der Waals surface area contributed by atoms with E-state index in [1.807, 2.05) is 5.43 Å². The number of carbonyl (C=O) groups is 3. The summed E-state index contributed by atoms with van der Waals surface area (Å²) >= 11 is 0. The van der Waals surface area contributed by atoms with Gasteiger partial charge in [0, 0.05) is 31.9 Å². The van der Waals surface area contributed by atoms with Gasteiger partial charge in [-0.3, -0.25) is 19.8 Å². The van der Waals surface area contributed by atoms with E-state index in [0.29, 0.717) is 18.5 Å². The van der Waals surface area contributed by atoms with E-state index in [9.17, 15) is 14.4 Å². The number of amides is 3. The molecule has 0 radical (unpaired) electrons. The van der Waals surface area contributed by atoms with Crippen LogP contribution < -0.4 is 16.6 Å². The molecule has 0 bridgehead atoms. The van der Waals surface area contributed by atoms with E-state index >= 15 is 0 Å². The Balaban J connectivity index is 2.08. The molecule has 4 N–H and O–H groups in total. The largest absolute Gasteiger partial charge is 0.352 e. The van der Waals surface area contributed by atoms with Crippen LogP contribution in [0.5, 0.6) is 0 Å². The second-order valence-electron chi connectivity index (χ2n) is 6.32. The zero-order valence-electron chi connectivity index (χ0n) is 15.7. The lowest BCUT2D eigenvalue weighted by Crippen LogP contribution is -2.53. The highest BCUT2D eigenvalue weighted by Crippen LogP contribution is 2.22. The van der Waals surface area contributed by atoms with Crippen LogP contribution in [0.25, 0.3) is 0 Å². The van der Waals surface area contributed by atoms with Crippen molar-refractivity contribution >= 4 is 17.7 Å². The third kappa shape index (κ3) is 4.82. The number of ether oxygens (including phenoxy) is 2. The molecule has 3 amide bonds. The van der Waals surface area contributed by atoms with E-state index in [0.717, 1.165) is 12.0 Å². The Morgan fingerprint density at radius 2 is 1.81 bits per heavy atom. The van der Waals surface area contributed by atoms with Gasteiger partial charge >= 0.3 is 0 Å². The monoisotopic (exact) mass is 378 g/mol. The third-order valence-electron chi connectivity index (χ3n) is 4.57. The zero-order chi connectivity index (χ0) is 20.0. The molecular formula is C18H26N4O5. The molecule has 0 unspecified atom stereocenters. The van der Waals surface area contributed by atoms with E-state index in [2.05, 4.69) is 5.32 Å². The summed E-state index contributed by atoms with van der Waals surface area (Å²) in [6.45, 7) is 2.01. The Morgan fingerprint density at radius 1 is 1.19 bits per heavy atom. The predicted molar refractivity (Wildman–Crippen MR) is 97.2 cm³/mol. The van der Waals surface area contributed by atoms with Gasteiger partial charge in [-0.15, -0.1) is 0 Å². The predicted octanol–water partition coefficient (Wildman–Crippen LogP) is 0.0772. The summed E-state index contributed by atoms with van der Waals surface area (Å²) in [5.41, 5.74) is 3.25. The number of nitrogens with one attached hydrogen (secondary N) is 2. The Hall–Kier alpha value is -2.49. The minimum Gasteiger partial charge on any atom is -0.352 e. The van der Waals surface area contributed by atoms with Crippen molar-refractivity contribution in [2.45, 2.75) is 38.1 Å². The van der Waals surface area contributed by atoms with Crippen molar-refractivity contribution < 1.29 is 23.9 Å². The number of likely N-dealkylation sites (tertiary alicyclic amines) is 1. The highest BCUT2D eigenvalue weighted by Gasteiger charge is 2.35. The maximum atomic E-state index is 12.8. The normalized spacial score (nSPS) is 17.7. The summed E-state index contributed by atoms with van der Waals surface area (Å²) in [7, 11) is 3.07. The van der Waals surface area contributed by atoms with Gasteiger partial charge in [0.15, 0.2) is 6.29 Å². The molecule has 9 heteroatoms. The standard InChI is InChI=1S/C18H26N4O5/c1-11(15(23)21-19)20-16(24)14-5-4-10-22(14)17(25)12-6-8-13(9-7-12)18(26-2)27-3/h6-9,11,14,18H,4-5,10,19H2,1-3H3,(H,20,24)(H,21,23)/t11-,14+/m0/s1. The summed E-state index contributed by atoms with van der Waals surface area (Å²) < 4.78 is 10.4. The average Bonchev–Trinajstić information content (AvgIpc) is 3.18. The number of benzene rings is 1. The van der Waals surface area contributed by atoms with E-state index in [-0.39, 0.29) is 11.8 Å². The molecule has 1 fully saturated rings. The van der Waals surface area contributed by atoms with Crippen LogP contribution in [0, 0.1) is 0 Å². The summed E-state index contributed by atoms with van der Waals surface area (Å²) in [6.07, 6.45) is 0.756. The molecule has 0 aliphatic carbocycles. The first-order valence-corrected chi connectivity index (χ1v) is 8.70. The maximum absolute atomic E-state index is 12.8. The molecular weight excluding hydrogens is 352 g/mol. The minimum absolute atomic E-state index is 0.235. The number of hydrogen-bond donors (Lipinski definition) is 3. The SMILES string of the molecule is COC(OC)c1ccc(C(=O)N2CCC[C@@H]2C(=O)N[C@@H](C)C(=O)NN)cc1. The van der Waals surface area contributed by atoms with Gasteiger partial charge < -0.3 is 19.7 Å². The first-order chi connectivity index (χ1) is 12.9. The first-order valence-electron chi connectivity index (χ1n) is 8.70. The van der Waals surface area contributed by atoms with Crippen molar-refractivity contribution in [3.05, 3.63) is 35.4 Å². The molecule has 0 saturated carbocycles. The molecule has 2 atom stereocenters. The summed E-state index contributed by atoms with van der Waals surface area (Å²) in [5.74, 6) is 3.97. The van der Waals surface area contributed by atoms with Crippen molar-refractivity contribution in [1.82, 2.24) is 15.6 Å². The van der Waals surface area contributed by atoms with Crippen molar-refractivity contribution in [3.8, 4) is 0 Å². The van der Waals surface area contributed by atoms with Gasteiger partial charge in [-0.05, 0) is 31.9 Å². The van der Waals surface area contributed by atoms with Crippen LogP contribution in [0.2, 0.25) is 0 Å². The molecule has 0 spiro atoms. The van der Waals surface area contributed by atoms with Crippen LogP contribution in [0.1, 0.15) is 42.0 Å². The Morgan fingerprint density at radius 3 is 2.37 bits per heavy atom. The van der Waals surface area contributed by atoms with E-state index in [4.69, 9.17) is 15.3 Å². The van der Waals surface area contributed by atoms with Gasteiger partial charge in [0.2, 0.25) is 5.91 Å². The second kappa shape index (κ2) is 9.45. The van der Waals surface area contributed by atoms with Gasteiger partial charge in [-0.25, -0.2) is 5.84 Å². The molecule has 2 rings (SSSR count). The lowest BCUT2D eigenvalue weighted by Gasteiger charge is -2.25. The molecule has 1 heterocycles. The number of hydrazine groups is 1. The fourth-order valence-corrected chi connectivity index (χ4v) is 3.10. The van der Waals surface area contributed by atoms with Gasteiger partial charge in [0.1, 0.15) is 12.1 Å². The minimum atomic E-state index is -0.778. The number of carbonyl (C=O) groups excluding carboxylic acids is 3. The van der Waals surface area contributed by atoms with Crippen molar-refractivity contribution in [2.24, 2.45) is 5.84 Å². The van der Waals surface area contributed by atoms with Gasteiger partial charge in [-0.2, -0.15) is 0 Å². The van der Waals surface area contributed by atoms with E-state index < -0.39 is 24.3 Å². The summed E-state index contributed by atoms with van der Waals surface area (Å²) in [5, 5.41) is 2.59. The zero-order valence-corrected chi connectivity index (χ0v) is 15.7. The quantitative estimate of drug-likeness (QED) is 0.267. The van der Waals surface area contributed by atoms with Crippen LogP contribution in [0.4, 0.5) is 0 Å². The number of rotatable bonds is 7. The smallest absolute Gasteiger partial charge is 0.256 e. The number of nitrogens with two attached hydrogens (primary N) is 1. The van der Waals surface area contributed by atoms with Crippen molar-refractivity contribution in [1.29, 1.82) is 0 Å². The fraction of sp³-hybridized carbons (Fsp3) is 0.500. The average molecular weight is 378 g/mol. The lowest BCUT2D eigenvalue weighted by atomic mass is 10.1. The fourth-order valence-electron chi connectivity index (χ4n) is 3.10. The molecule has 1 aliphatic heterocycles. The second-order valence-corrected chi connectivity index (χ2v) is 6.32. The lowest BCUT2D eigenvalue weighted by molar-refractivity contribution is -0.130. The van der Waals surface area contributed by atoms with Crippen LogP contribution in [0.3, 0.4) is 0 Å². The van der Waals surface area contributed by atoms with Crippen molar-refractivity contribution in [2.75, 3.05) is 20.8 Å². The number of hydrogen-bond acceptors (Lipinski definition) is 6. The number of nitrogens with zero attached hydrogens (tertiary/aromatic N) is 1. The summed E-state index contributed by atoms with van der Waals surface area (Å²) in [4.78, 5) is 38.3. The molecule has 27 heavy (non-hydrogen) atoms. The maximum Gasteiger partial charge on any atom is 0.256 e. The molecule has 1 aliphatic rings. The highest BCUT2D eigenvalue weighted by molar-refractivity contribution is 5.98. The molecule has 9 nitrogen and oxygen atoms in total. The van der Waals surface area contributed by atoms with Crippen LogP contribution in [0.15, 0.2) is 24.3 Å². The van der Waals surface area contributed by atoms with E-state index in [1.165, 1.54) is 26.0 Å². The Kier molecular flexibility index (Phi) is 7.28. The van der Waals surface area contributed by atoms with E-state index in [1.54, 1.807) is 24.3 Å². The summed E-state index contributed by atoms with van der Waals surface area (Å²) in [6, 6.07) is 5.48. The Bertz CT molecular complexity index is 675. The molecule has 0 aromatic heterocycles. The molecule has 1 aromatic rings. The highest BCUT2D eigenvalue weighted by atomic mass is 16.7. The first kappa shape index (κ1) is 20.8.